The Morgan fingerprint density at radius 3 is 2.80 bits per heavy atom. The summed E-state index contributed by atoms with van der Waals surface area (Å²) in [5.74, 6) is 0.751. The number of hydrogen-bond acceptors (Lipinski definition) is 4. The van der Waals surface area contributed by atoms with Crippen LogP contribution in [0.2, 0.25) is 5.02 Å². The van der Waals surface area contributed by atoms with Crippen molar-refractivity contribution in [2.24, 2.45) is 0 Å². The van der Waals surface area contributed by atoms with Gasteiger partial charge in [-0.25, -0.2) is 0 Å². The minimum atomic E-state index is -0.564. The van der Waals surface area contributed by atoms with E-state index >= 15 is 0 Å². The second-order valence-corrected chi connectivity index (χ2v) is 3.98. The Hall–Kier alpha value is -1.01. The van der Waals surface area contributed by atoms with Gasteiger partial charge < -0.3 is 9.47 Å². The van der Waals surface area contributed by atoms with Gasteiger partial charge in [-0.3, -0.25) is 10.1 Å². The van der Waals surface area contributed by atoms with Crippen LogP contribution in [0.3, 0.4) is 0 Å². The van der Waals surface area contributed by atoms with Crippen molar-refractivity contribution in [3.8, 4) is 11.5 Å². The summed E-state index contributed by atoms with van der Waals surface area (Å²) in [5.41, 5.74) is -0.201. The second kappa shape index (κ2) is 3.86. The number of nitrogens with zero attached hydrogens (tertiary/aromatic N) is 1. The molecule has 1 heterocycles. The zero-order chi connectivity index (χ0) is 11.0. The predicted octanol–water partition coefficient (Wildman–Crippen LogP) is 2.78. The number of rotatable bonds is 1. The number of nitro groups is 1. The van der Waals surface area contributed by atoms with E-state index in [0.717, 1.165) is 0 Å². The summed E-state index contributed by atoms with van der Waals surface area (Å²) in [6.45, 7) is 0.776. The molecule has 0 bridgehead atoms. The van der Waals surface area contributed by atoms with Crippen LogP contribution >= 0.6 is 27.5 Å². The molecule has 0 aromatic heterocycles. The van der Waals surface area contributed by atoms with Crippen LogP contribution in [0.4, 0.5) is 5.69 Å². The van der Waals surface area contributed by atoms with Crippen LogP contribution in [0.15, 0.2) is 10.5 Å². The Morgan fingerprint density at radius 1 is 1.47 bits per heavy atom. The van der Waals surface area contributed by atoms with Crippen molar-refractivity contribution in [1.29, 1.82) is 0 Å². The normalized spacial score (nSPS) is 13.7. The smallest absolute Gasteiger partial charge is 0.293 e. The Bertz CT molecular complexity index is 437. The van der Waals surface area contributed by atoms with Crippen LogP contribution < -0.4 is 9.47 Å². The highest BCUT2D eigenvalue weighted by molar-refractivity contribution is 9.10. The summed E-state index contributed by atoms with van der Waals surface area (Å²) in [6.07, 6.45) is 0. The molecule has 0 N–H and O–H groups in total. The van der Waals surface area contributed by atoms with Gasteiger partial charge in [-0.1, -0.05) is 11.6 Å². The van der Waals surface area contributed by atoms with Gasteiger partial charge in [0.15, 0.2) is 11.5 Å². The number of ether oxygens (including phenoxy) is 2. The number of fused-ring (bicyclic) bond motifs is 1. The molecule has 0 atom stereocenters. The monoisotopic (exact) mass is 293 g/mol. The Kier molecular flexibility index (Phi) is 2.70. The van der Waals surface area contributed by atoms with Crippen molar-refractivity contribution >= 4 is 33.2 Å². The molecule has 0 radical (unpaired) electrons. The zero-order valence-corrected chi connectivity index (χ0v) is 9.67. The van der Waals surface area contributed by atoms with E-state index in [0.29, 0.717) is 29.2 Å². The third-order valence-corrected chi connectivity index (χ3v) is 3.26. The first-order valence-electron chi connectivity index (χ1n) is 4.03. The Balaban J connectivity index is 2.63. The van der Waals surface area contributed by atoms with Crippen LogP contribution in [-0.4, -0.2) is 18.1 Å². The summed E-state index contributed by atoms with van der Waals surface area (Å²) in [7, 11) is 0. The molecule has 0 unspecified atom stereocenters. The average Bonchev–Trinajstić information content (AvgIpc) is 2.23. The lowest BCUT2D eigenvalue weighted by molar-refractivity contribution is -0.384. The number of hydrogen-bond donors (Lipinski definition) is 0. The summed E-state index contributed by atoms with van der Waals surface area (Å²) >= 11 is 8.94. The van der Waals surface area contributed by atoms with Gasteiger partial charge in [-0.2, -0.15) is 0 Å². The van der Waals surface area contributed by atoms with Gasteiger partial charge in [0.2, 0.25) is 0 Å². The molecular formula is C8H5BrClNO4. The van der Waals surface area contributed by atoms with E-state index in [4.69, 9.17) is 21.1 Å². The summed E-state index contributed by atoms with van der Waals surface area (Å²) in [5, 5.41) is 10.7. The molecule has 0 spiro atoms. The summed E-state index contributed by atoms with van der Waals surface area (Å²) in [6, 6.07) is 1.27. The predicted molar refractivity (Wildman–Crippen MR) is 56.8 cm³/mol. The standard InChI is InChI=1S/C8H5BrClNO4/c9-6-7(10)4(11(12)13)3-5-8(6)15-2-1-14-5/h3H,1-2H2. The molecule has 1 aromatic carbocycles. The van der Waals surface area contributed by atoms with Gasteiger partial charge in [-0.05, 0) is 15.9 Å². The molecule has 15 heavy (non-hydrogen) atoms. The highest BCUT2D eigenvalue weighted by atomic mass is 79.9. The maximum Gasteiger partial charge on any atom is 0.293 e. The molecule has 5 nitrogen and oxygen atoms in total. The van der Waals surface area contributed by atoms with E-state index in [2.05, 4.69) is 15.9 Å². The van der Waals surface area contributed by atoms with Crippen molar-refractivity contribution in [2.75, 3.05) is 13.2 Å². The van der Waals surface area contributed by atoms with Crippen molar-refractivity contribution in [3.63, 3.8) is 0 Å². The first kappa shape index (κ1) is 10.5. The lowest BCUT2D eigenvalue weighted by atomic mass is 10.2. The topological polar surface area (TPSA) is 61.6 Å². The van der Waals surface area contributed by atoms with E-state index in [1.54, 1.807) is 0 Å². The maximum atomic E-state index is 10.7. The van der Waals surface area contributed by atoms with Crippen molar-refractivity contribution in [1.82, 2.24) is 0 Å². The van der Waals surface area contributed by atoms with E-state index in [-0.39, 0.29) is 10.7 Å². The molecule has 1 aromatic rings. The fourth-order valence-electron chi connectivity index (χ4n) is 1.24. The molecule has 7 heteroatoms. The van der Waals surface area contributed by atoms with Crippen LogP contribution in [0, 0.1) is 10.1 Å². The minimum absolute atomic E-state index is 0.0178. The van der Waals surface area contributed by atoms with Gasteiger partial charge in [0.05, 0.1) is 15.5 Å². The van der Waals surface area contributed by atoms with Crippen LogP contribution in [-0.2, 0) is 0 Å². The van der Waals surface area contributed by atoms with Gasteiger partial charge in [0.1, 0.15) is 18.2 Å². The first-order chi connectivity index (χ1) is 7.11. The lowest BCUT2D eigenvalue weighted by Crippen LogP contribution is -2.16. The van der Waals surface area contributed by atoms with E-state index in [1.165, 1.54) is 6.07 Å². The van der Waals surface area contributed by atoms with E-state index in [9.17, 15) is 10.1 Å². The van der Waals surface area contributed by atoms with E-state index < -0.39 is 4.92 Å². The van der Waals surface area contributed by atoms with Crippen molar-refractivity contribution in [2.45, 2.75) is 0 Å². The first-order valence-corrected chi connectivity index (χ1v) is 5.20. The van der Waals surface area contributed by atoms with Crippen LogP contribution in [0.25, 0.3) is 0 Å². The molecule has 2 rings (SSSR count). The molecule has 0 aliphatic carbocycles. The third-order valence-electron chi connectivity index (χ3n) is 1.89. The number of halogens is 2. The van der Waals surface area contributed by atoms with Gasteiger partial charge >= 0.3 is 0 Å². The fourth-order valence-corrected chi connectivity index (χ4v) is 1.97. The molecule has 0 amide bonds. The Labute approximate surface area is 98.2 Å². The largest absolute Gasteiger partial charge is 0.486 e. The SMILES string of the molecule is O=[N+]([O-])c1cc2c(c(Br)c1Cl)OCCO2. The number of nitro benzene ring substituents is 1. The second-order valence-electron chi connectivity index (χ2n) is 2.80. The van der Waals surface area contributed by atoms with Gasteiger partial charge in [0.25, 0.3) is 5.69 Å². The third kappa shape index (κ3) is 1.74. The quantitative estimate of drug-likeness (QED) is 0.590. The fraction of sp³-hybridized carbons (Fsp3) is 0.250. The molecule has 1 aliphatic heterocycles. The van der Waals surface area contributed by atoms with Crippen LogP contribution in [0.1, 0.15) is 0 Å². The van der Waals surface area contributed by atoms with Gasteiger partial charge in [-0.15, -0.1) is 0 Å². The molecule has 80 valence electrons. The Morgan fingerprint density at radius 2 is 2.13 bits per heavy atom. The maximum absolute atomic E-state index is 10.7. The molecule has 0 saturated carbocycles. The molecule has 0 saturated heterocycles. The zero-order valence-electron chi connectivity index (χ0n) is 7.33. The molecular weight excluding hydrogens is 289 g/mol. The lowest BCUT2D eigenvalue weighted by Gasteiger charge is -2.19. The van der Waals surface area contributed by atoms with Gasteiger partial charge in [0, 0.05) is 0 Å². The average molecular weight is 294 g/mol. The minimum Gasteiger partial charge on any atom is -0.486 e. The summed E-state index contributed by atoms with van der Waals surface area (Å²) in [4.78, 5) is 10.1. The molecule has 0 fully saturated rings. The summed E-state index contributed by atoms with van der Waals surface area (Å²) < 4.78 is 10.9. The number of benzene rings is 1. The van der Waals surface area contributed by atoms with E-state index in [1.807, 2.05) is 0 Å². The van der Waals surface area contributed by atoms with Crippen molar-refractivity contribution in [3.05, 3.63) is 25.7 Å². The van der Waals surface area contributed by atoms with Crippen LogP contribution in [0.5, 0.6) is 11.5 Å². The highest BCUT2D eigenvalue weighted by Gasteiger charge is 2.25. The highest BCUT2D eigenvalue weighted by Crippen LogP contribution is 2.46. The molecule has 1 aliphatic rings. The van der Waals surface area contributed by atoms with Crippen molar-refractivity contribution < 1.29 is 14.4 Å².